The standard InChI is InChI=1S/C13H12BrNO/c1-9-7-11(14)10(8-13(9)16-2)12-5-3-4-6-15-12/h3-8H,1-2H3. The second kappa shape index (κ2) is 4.66. The van der Waals surface area contributed by atoms with Crippen molar-refractivity contribution < 1.29 is 4.74 Å². The molecule has 2 rings (SSSR count). The number of hydrogen-bond acceptors (Lipinski definition) is 2. The quantitative estimate of drug-likeness (QED) is 0.833. The molecule has 0 fully saturated rings. The number of halogens is 1. The van der Waals surface area contributed by atoms with Crippen LogP contribution in [0.3, 0.4) is 0 Å². The zero-order valence-electron chi connectivity index (χ0n) is 9.20. The van der Waals surface area contributed by atoms with E-state index in [0.29, 0.717) is 0 Å². The first-order chi connectivity index (χ1) is 7.72. The molecule has 0 bridgehead atoms. The molecular formula is C13H12BrNO. The maximum Gasteiger partial charge on any atom is 0.122 e. The second-order valence-corrected chi connectivity index (χ2v) is 4.37. The Bertz CT molecular complexity index is 497. The number of methoxy groups -OCH3 is 1. The lowest BCUT2D eigenvalue weighted by atomic mass is 10.1. The topological polar surface area (TPSA) is 22.1 Å². The van der Waals surface area contributed by atoms with Crippen LogP contribution in [0, 0.1) is 6.92 Å². The Labute approximate surface area is 103 Å². The van der Waals surface area contributed by atoms with Crippen LogP contribution in [0.1, 0.15) is 5.56 Å². The third kappa shape index (κ3) is 2.09. The van der Waals surface area contributed by atoms with E-state index in [0.717, 1.165) is 27.0 Å². The van der Waals surface area contributed by atoms with Crippen molar-refractivity contribution in [2.45, 2.75) is 6.92 Å². The van der Waals surface area contributed by atoms with Crippen LogP contribution in [-0.2, 0) is 0 Å². The van der Waals surface area contributed by atoms with Gasteiger partial charge in [0.05, 0.1) is 12.8 Å². The van der Waals surface area contributed by atoms with Crippen molar-refractivity contribution in [1.82, 2.24) is 4.98 Å². The van der Waals surface area contributed by atoms with Crippen LogP contribution in [0.5, 0.6) is 5.75 Å². The van der Waals surface area contributed by atoms with Gasteiger partial charge in [-0.15, -0.1) is 0 Å². The molecule has 0 spiro atoms. The highest BCUT2D eigenvalue weighted by molar-refractivity contribution is 9.10. The maximum atomic E-state index is 5.31. The van der Waals surface area contributed by atoms with Gasteiger partial charge in [-0.1, -0.05) is 22.0 Å². The van der Waals surface area contributed by atoms with Crippen molar-refractivity contribution in [3.8, 4) is 17.0 Å². The first kappa shape index (κ1) is 11.1. The van der Waals surface area contributed by atoms with E-state index in [1.807, 2.05) is 37.3 Å². The van der Waals surface area contributed by atoms with Crippen LogP contribution in [0.2, 0.25) is 0 Å². The Morgan fingerprint density at radius 3 is 2.69 bits per heavy atom. The Hall–Kier alpha value is -1.35. The van der Waals surface area contributed by atoms with Crippen LogP contribution in [0.15, 0.2) is 41.0 Å². The largest absolute Gasteiger partial charge is 0.496 e. The van der Waals surface area contributed by atoms with Crippen molar-refractivity contribution in [3.05, 3.63) is 46.6 Å². The number of aromatic nitrogens is 1. The van der Waals surface area contributed by atoms with Gasteiger partial charge in [0, 0.05) is 16.2 Å². The fourth-order valence-corrected chi connectivity index (χ4v) is 2.25. The number of benzene rings is 1. The van der Waals surface area contributed by atoms with Crippen molar-refractivity contribution in [2.75, 3.05) is 7.11 Å². The molecule has 0 atom stereocenters. The fourth-order valence-electron chi connectivity index (χ4n) is 1.59. The van der Waals surface area contributed by atoms with E-state index < -0.39 is 0 Å². The van der Waals surface area contributed by atoms with Gasteiger partial charge in [-0.3, -0.25) is 4.98 Å². The lowest BCUT2D eigenvalue weighted by Gasteiger charge is -2.09. The predicted molar refractivity (Wildman–Crippen MR) is 68.7 cm³/mol. The lowest BCUT2D eigenvalue weighted by Crippen LogP contribution is -1.90. The summed E-state index contributed by atoms with van der Waals surface area (Å²) >= 11 is 3.55. The zero-order chi connectivity index (χ0) is 11.5. The third-order valence-corrected chi connectivity index (χ3v) is 3.08. The highest BCUT2D eigenvalue weighted by atomic mass is 79.9. The van der Waals surface area contributed by atoms with Gasteiger partial charge in [-0.25, -0.2) is 0 Å². The summed E-state index contributed by atoms with van der Waals surface area (Å²) in [6.45, 7) is 2.02. The molecule has 1 aromatic heterocycles. The molecule has 0 N–H and O–H groups in total. The summed E-state index contributed by atoms with van der Waals surface area (Å²) in [7, 11) is 1.68. The number of pyridine rings is 1. The average Bonchev–Trinajstić information content (AvgIpc) is 2.30. The molecule has 0 aliphatic rings. The summed E-state index contributed by atoms with van der Waals surface area (Å²) in [4.78, 5) is 4.33. The molecule has 2 nitrogen and oxygen atoms in total. The van der Waals surface area contributed by atoms with E-state index >= 15 is 0 Å². The van der Waals surface area contributed by atoms with E-state index in [-0.39, 0.29) is 0 Å². The molecule has 82 valence electrons. The summed E-state index contributed by atoms with van der Waals surface area (Å²) in [6.07, 6.45) is 1.79. The first-order valence-corrected chi connectivity index (χ1v) is 5.77. The molecule has 0 saturated carbocycles. The molecule has 0 radical (unpaired) electrons. The van der Waals surface area contributed by atoms with Gasteiger partial charge in [-0.2, -0.15) is 0 Å². The molecule has 0 aliphatic carbocycles. The molecule has 0 unspecified atom stereocenters. The predicted octanol–water partition coefficient (Wildman–Crippen LogP) is 3.83. The third-order valence-electron chi connectivity index (χ3n) is 2.43. The van der Waals surface area contributed by atoms with Crippen molar-refractivity contribution >= 4 is 15.9 Å². The van der Waals surface area contributed by atoms with Crippen molar-refractivity contribution in [3.63, 3.8) is 0 Å². The summed E-state index contributed by atoms with van der Waals surface area (Å²) in [6, 6.07) is 9.91. The van der Waals surface area contributed by atoms with Crippen LogP contribution < -0.4 is 4.74 Å². The Morgan fingerprint density at radius 2 is 2.06 bits per heavy atom. The molecule has 1 aromatic carbocycles. The molecule has 16 heavy (non-hydrogen) atoms. The van der Waals surface area contributed by atoms with Crippen molar-refractivity contribution in [2.24, 2.45) is 0 Å². The van der Waals surface area contributed by atoms with E-state index in [2.05, 4.69) is 20.9 Å². The first-order valence-electron chi connectivity index (χ1n) is 4.98. The molecule has 0 saturated heterocycles. The van der Waals surface area contributed by atoms with E-state index in [1.165, 1.54) is 0 Å². The highest BCUT2D eigenvalue weighted by Gasteiger charge is 2.08. The Morgan fingerprint density at radius 1 is 1.25 bits per heavy atom. The smallest absolute Gasteiger partial charge is 0.122 e. The van der Waals surface area contributed by atoms with Gasteiger partial charge >= 0.3 is 0 Å². The molecule has 2 aromatic rings. The number of ether oxygens (including phenoxy) is 1. The zero-order valence-corrected chi connectivity index (χ0v) is 10.8. The number of hydrogen-bond donors (Lipinski definition) is 0. The minimum atomic E-state index is 0.879. The van der Waals surface area contributed by atoms with Gasteiger partial charge in [0.25, 0.3) is 0 Å². The summed E-state index contributed by atoms with van der Waals surface area (Å²) in [5.41, 5.74) is 3.09. The molecule has 1 heterocycles. The monoisotopic (exact) mass is 277 g/mol. The number of aryl methyl sites for hydroxylation is 1. The van der Waals surface area contributed by atoms with Crippen LogP contribution in [0.4, 0.5) is 0 Å². The van der Waals surface area contributed by atoms with Gasteiger partial charge in [0.15, 0.2) is 0 Å². The van der Waals surface area contributed by atoms with Gasteiger partial charge < -0.3 is 4.74 Å². The Balaban J connectivity index is 2.57. The fraction of sp³-hybridized carbons (Fsp3) is 0.154. The Kier molecular flexibility index (Phi) is 3.25. The number of nitrogens with zero attached hydrogens (tertiary/aromatic N) is 1. The van der Waals surface area contributed by atoms with E-state index in [1.54, 1.807) is 13.3 Å². The molecule has 3 heteroatoms. The average molecular weight is 278 g/mol. The van der Waals surface area contributed by atoms with E-state index in [9.17, 15) is 0 Å². The summed E-state index contributed by atoms with van der Waals surface area (Å²) in [5, 5.41) is 0. The van der Waals surface area contributed by atoms with Gasteiger partial charge in [0.2, 0.25) is 0 Å². The SMILES string of the molecule is COc1cc(-c2ccccn2)c(Br)cc1C. The summed E-state index contributed by atoms with van der Waals surface area (Å²) < 4.78 is 6.35. The maximum absolute atomic E-state index is 5.31. The minimum absolute atomic E-state index is 0.879. The van der Waals surface area contributed by atoms with Crippen LogP contribution >= 0.6 is 15.9 Å². The normalized spacial score (nSPS) is 10.2. The van der Waals surface area contributed by atoms with Gasteiger partial charge in [0.1, 0.15) is 5.75 Å². The lowest BCUT2D eigenvalue weighted by molar-refractivity contribution is 0.412. The van der Waals surface area contributed by atoms with E-state index in [4.69, 9.17) is 4.74 Å². The minimum Gasteiger partial charge on any atom is -0.496 e. The summed E-state index contributed by atoms with van der Waals surface area (Å²) in [5.74, 6) is 0.879. The number of rotatable bonds is 2. The molecule has 0 aliphatic heterocycles. The second-order valence-electron chi connectivity index (χ2n) is 3.52. The molecular weight excluding hydrogens is 266 g/mol. The highest BCUT2D eigenvalue weighted by Crippen LogP contribution is 2.32. The van der Waals surface area contributed by atoms with Gasteiger partial charge in [-0.05, 0) is 36.8 Å². The molecule has 0 amide bonds. The van der Waals surface area contributed by atoms with Crippen LogP contribution in [0.25, 0.3) is 11.3 Å². The van der Waals surface area contributed by atoms with Crippen molar-refractivity contribution in [1.29, 1.82) is 0 Å². The van der Waals surface area contributed by atoms with Crippen LogP contribution in [-0.4, -0.2) is 12.1 Å².